The van der Waals surface area contributed by atoms with Crippen molar-refractivity contribution >= 4 is 21.4 Å². The minimum Gasteiger partial charge on any atom is -0.395 e. The Morgan fingerprint density at radius 2 is 2.06 bits per heavy atom. The lowest BCUT2D eigenvalue weighted by Crippen LogP contribution is -2.36. The summed E-state index contributed by atoms with van der Waals surface area (Å²) in [6.07, 6.45) is 0. The Morgan fingerprint density at radius 3 is 2.50 bits per heavy atom. The monoisotopic (exact) mass is 293 g/mol. The Balaban J connectivity index is 3.04. The number of hydrogen-bond acceptors (Lipinski definition) is 5. The molecule has 7 heteroatoms. The van der Waals surface area contributed by atoms with Gasteiger partial charge < -0.3 is 9.84 Å². The fourth-order valence-corrected chi connectivity index (χ4v) is 4.60. The topological polar surface area (TPSA) is 66.8 Å². The van der Waals surface area contributed by atoms with Crippen LogP contribution in [-0.2, 0) is 14.8 Å². The maximum atomic E-state index is 12.4. The van der Waals surface area contributed by atoms with Crippen molar-refractivity contribution in [3.8, 4) is 0 Å². The number of aliphatic hydroxyl groups excluding tert-OH is 1. The van der Waals surface area contributed by atoms with Crippen LogP contribution in [0.25, 0.3) is 0 Å². The van der Waals surface area contributed by atoms with Crippen molar-refractivity contribution in [3.63, 3.8) is 0 Å². The third kappa shape index (κ3) is 3.52. The van der Waals surface area contributed by atoms with E-state index in [4.69, 9.17) is 9.84 Å². The lowest BCUT2D eigenvalue weighted by molar-refractivity contribution is 0.168. The van der Waals surface area contributed by atoms with E-state index in [9.17, 15) is 8.42 Å². The minimum atomic E-state index is -3.54. The maximum Gasteiger partial charge on any atom is 0.244 e. The van der Waals surface area contributed by atoms with E-state index < -0.39 is 10.0 Å². The molecule has 1 aromatic heterocycles. The number of aryl methyl sites for hydroxylation is 2. The molecule has 0 aromatic carbocycles. The lowest BCUT2D eigenvalue weighted by Gasteiger charge is -2.20. The molecule has 0 aliphatic carbocycles. The quantitative estimate of drug-likeness (QED) is 0.814. The Hall–Kier alpha value is -0.470. The second-order valence-electron chi connectivity index (χ2n) is 3.90. The highest BCUT2D eigenvalue weighted by Gasteiger charge is 2.26. The van der Waals surface area contributed by atoms with Crippen molar-refractivity contribution in [2.24, 2.45) is 0 Å². The third-order valence-electron chi connectivity index (χ3n) is 2.51. The molecule has 1 heterocycles. The van der Waals surface area contributed by atoms with Gasteiger partial charge in [0.15, 0.2) is 0 Å². The highest BCUT2D eigenvalue weighted by atomic mass is 32.2. The van der Waals surface area contributed by atoms with Gasteiger partial charge in [0.05, 0.1) is 18.1 Å². The van der Waals surface area contributed by atoms with Crippen LogP contribution < -0.4 is 0 Å². The molecule has 0 saturated heterocycles. The van der Waals surface area contributed by atoms with E-state index in [1.807, 2.05) is 6.92 Å². The summed E-state index contributed by atoms with van der Waals surface area (Å²) < 4.78 is 31.0. The zero-order valence-corrected chi connectivity index (χ0v) is 12.5. The lowest BCUT2D eigenvalue weighted by atomic mass is 10.4. The van der Waals surface area contributed by atoms with Gasteiger partial charge in [-0.1, -0.05) is 0 Å². The van der Waals surface area contributed by atoms with Crippen LogP contribution in [0.4, 0.5) is 0 Å². The van der Waals surface area contributed by atoms with Crippen molar-refractivity contribution in [2.75, 3.05) is 33.4 Å². The van der Waals surface area contributed by atoms with Gasteiger partial charge in [0.25, 0.3) is 0 Å². The molecule has 0 atom stereocenters. The van der Waals surface area contributed by atoms with E-state index in [0.717, 1.165) is 9.75 Å². The second kappa shape index (κ2) is 6.63. The standard InChI is InChI=1S/C11H19NO4S2/c1-9-8-11(10(2)17-9)18(14,15)12(4-6-13)5-7-16-3/h8,13H,4-7H2,1-3H3. The maximum absolute atomic E-state index is 12.4. The zero-order chi connectivity index (χ0) is 13.8. The summed E-state index contributed by atoms with van der Waals surface area (Å²) in [5, 5.41) is 8.98. The fraction of sp³-hybridized carbons (Fsp3) is 0.636. The van der Waals surface area contributed by atoms with E-state index in [1.54, 1.807) is 13.0 Å². The molecule has 0 spiro atoms. The first-order chi connectivity index (χ1) is 8.43. The molecule has 18 heavy (non-hydrogen) atoms. The normalized spacial score (nSPS) is 12.3. The number of aliphatic hydroxyl groups is 1. The zero-order valence-electron chi connectivity index (χ0n) is 10.8. The fourth-order valence-electron chi connectivity index (χ4n) is 1.66. The van der Waals surface area contributed by atoms with Crippen LogP contribution in [0.1, 0.15) is 9.75 Å². The number of methoxy groups -OCH3 is 1. The number of thiophene rings is 1. The van der Waals surface area contributed by atoms with Gasteiger partial charge in [-0.2, -0.15) is 4.31 Å². The Kier molecular flexibility index (Phi) is 5.74. The third-order valence-corrected chi connectivity index (χ3v) is 5.63. The van der Waals surface area contributed by atoms with Crippen LogP contribution in [0.2, 0.25) is 0 Å². The van der Waals surface area contributed by atoms with E-state index in [1.165, 1.54) is 22.8 Å². The van der Waals surface area contributed by atoms with Crippen LogP contribution >= 0.6 is 11.3 Å². The molecule has 104 valence electrons. The molecule has 1 N–H and O–H groups in total. The second-order valence-corrected chi connectivity index (χ2v) is 7.26. The van der Waals surface area contributed by atoms with Crippen LogP contribution in [0, 0.1) is 13.8 Å². The van der Waals surface area contributed by atoms with E-state index in [2.05, 4.69) is 0 Å². The summed E-state index contributed by atoms with van der Waals surface area (Å²) in [5.74, 6) is 0. The average molecular weight is 293 g/mol. The first-order valence-corrected chi connectivity index (χ1v) is 7.86. The van der Waals surface area contributed by atoms with Crippen LogP contribution in [0.3, 0.4) is 0 Å². The molecular formula is C11H19NO4S2. The molecular weight excluding hydrogens is 274 g/mol. The molecule has 0 radical (unpaired) electrons. The van der Waals surface area contributed by atoms with Crippen LogP contribution in [0.5, 0.6) is 0 Å². The van der Waals surface area contributed by atoms with Crippen molar-refractivity contribution in [3.05, 3.63) is 15.8 Å². The number of sulfonamides is 1. The Bertz CT molecular complexity index is 481. The van der Waals surface area contributed by atoms with Gasteiger partial charge in [-0.25, -0.2) is 8.42 Å². The van der Waals surface area contributed by atoms with Crippen LogP contribution in [0.15, 0.2) is 11.0 Å². The van der Waals surface area contributed by atoms with Crippen molar-refractivity contribution in [1.29, 1.82) is 0 Å². The van der Waals surface area contributed by atoms with Gasteiger partial charge in [-0.3, -0.25) is 0 Å². The van der Waals surface area contributed by atoms with Gasteiger partial charge in [0.1, 0.15) is 0 Å². The molecule has 0 aliphatic heterocycles. The van der Waals surface area contributed by atoms with Crippen LogP contribution in [-0.4, -0.2) is 51.2 Å². The predicted octanol–water partition coefficient (Wildman–Crippen LogP) is 0.994. The number of hydrogen-bond donors (Lipinski definition) is 1. The summed E-state index contributed by atoms with van der Waals surface area (Å²) in [6.45, 7) is 4.10. The van der Waals surface area contributed by atoms with Gasteiger partial charge in [0.2, 0.25) is 10.0 Å². The molecule has 0 unspecified atom stereocenters. The molecule has 0 saturated carbocycles. The molecule has 0 aliphatic rings. The molecule has 1 aromatic rings. The highest BCUT2D eigenvalue weighted by Crippen LogP contribution is 2.27. The molecule has 5 nitrogen and oxygen atoms in total. The largest absolute Gasteiger partial charge is 0.395 e. The van der Waals surface area contributed by atoms with E-state index in [-0.39, 0.29) is 19.7 Å². The summed E-state index contributed by atoms with van der Waals surface area (Å²) in [7, 11) is -2.02. The van der Waals surface area contributed by atoms with Gasteiger partial charge in [-0.15, -0.1) is 11.3 Å². The van der Waals surface area contributed by atoms with Gasteiger partial charge in [0, 0.05) is 30.0 Å². The number of rotatable bonds is 7. The average Bonchev–Trinajstić information content (AvgIpc) is 2.64. The van der Waals surface area contributed by atoms with Crippen molar-refractivity contribution in [1.82, 2.24) is 4.31 Å². The number of nitrogens with zero attached hydrogens (tertiary/aromatic N) is 1. The SMILES string of the molecule is COCCN(CCO)S(=O)(=O)c1cc(C)sc1C. The summed E-state index contributed by atoms with van der Waals surface area (Å²) in [6, 6.07) is 1.67. The Morgan fingerprint density at radius 1 is 1.39 bits per heavy atom. The molecule has 0 bridgehead atoms. The molecule has 1 rings (SSSR count). The van der Waals surface area contributed by atoms with E-state index >= 15 is 0 Å². The Labute approximate surface area is 112 Å². The van der Waals surface area contributed by atoms with Gasteiger partial charge in [-0.05, 0) is 19.9 Å². The van der Waals surface area contributed by atoms with E-state index in [0.29, 0.717) is 11.5 Å². The van der Waals surface area contributed by atoms with Crippen molar-refractivity contribution < 1.29 is 18.3 Å². The van der Waals surface area contributed by atoms with Gasteiger partial charge >= 0.3 is 0 Å². The number of ether oxygens (including phenoxy) is 1. The molecule has 0 fully saturated rings. The molecule has 0 amide bonds. The first-order valence-electron chi connectivity index (χ1n) is 5.60. The van der Waals surface area contributed by atoms with Crippen molar-refractivity contribution in [2.45, 2.75) is 18.7 Å². The summed E-state index contributed by atoms with van der Waals surface area (Å²) >= 11 is 1.46. The summed E-state index contributed by atoms with van der Waals surface area (Å²) in [4.78, 5) is 2.06. The predicted molar refractivity (Wildman–Crippen MR) is 71.5 cm³/mol. The minimum absolute atomic E-state index is 0.0834. The highest BCUT2D eigenvalue weighted by molar-refractivity contribution is 7.89. The summed E-state index contributed by atoms with van der Waals surface area (Å²) in [5.41, 5.74) is 0. The first kappa shape index (κ1) is 15.6. The smallest absolute Gasteiger partial charge is 0.244 e.